The van der Waals surface area contributed by atoms with Crippen molar-refractivity contribution in [3.63, 3.8) is 0 Å². The minimum absolute atomic E-state index is 0.504. The summed E-state index contributed by atoms with van der Waals surface area (Å²) in [6.07, 6.45) is -2.76. The Labute approximate surface area is 172 Å². The third-order valence-corrected chi connectivity index (χ3v) is 4.76. The average molecular weight is 429 g/mol. The second-order valence-corrected chi connectivity index (χ2v) is 7.06. The van der Waals surface area contributed by atoms with Gasteiger partial charge in [-0.25, -0.2) is 4.79 Å². The van der Waals surface area contributed by atoms with Crippen molar-refractivity contribution in [1.29, 1.82) is 0 Å². The standard InChI is InChI=1S/C18H25N3O2.C2HF3O2/c1-12-9-15(20-13-5-7-21(2)8-6-13)14-10-17(22-3)18(23-4)11-16(14)19-12;3-2(4,5)1(6)7/h9-11,13H,5-8H2,1-4H3,(H,19,20);(H,6,7). The summed E-state index contributed by atoms with van der Waals surface area (Å²) in [7, 11) is 5.49. The number of aromatic nitrogens is 1. The van der Waals surface area contributed by atoms with Crippen LogP contribution in [0, 0.1) is 6.92 Å². The maximum atomic E-state index is 10.6. The number of likely N-dealkylation sites (tertiary alicyclic amines) is 1. The first-order chi connectivity index (χ1) is 14.0. The van der Waals surface area contributed by atoms with Crippen LogP contribution < -0.4 is 14.8 Å². The van der Waals surface area contributed by atoms with E-state index in [4.69, 9.17) is 19.4 Å². The van der Waals surface area contributed by atoms with Crippen LogP contribution in [0.15, 0.2) is 18.2 Å². The van der Waals surface area contributed by atoms with Gasteiger partial charge in [-0.1, -0.05) is 0 Å². The van der Waals surface area contributed by atoms with E-state index < -0.39 is 12.1 Å². The number of carbonyl (C=O) groups is 1. The van der Waals surface area contributed by atoms with E-state index in [1.165, 1.54) is 0 Å². The summed E-state index contributed by atoms with van der Waals surface area (Å²) < 4.78 is 42.6. The first-order valence-electron chi connectivity index (χ1n) is 9.33. The van der Waals surface area contributed by atoms with Crippen LogP contribution in [0.4, 0.5) is 18.9 Å². The summed E-state index contributed by atoms with van der Waals surface area (Å²) >= 11 is 0. The van der Waals surface area contributed by atoms with Gasteiger partial charge in [0.25, 0.3) is 0 Å². The van der Waals surface area contributed by atoms with Crippen molar-refractivity contribution in [2.24, 2.45) is 0 Å². The largest absolute Gasteiger partial charge is 0.493 e. The number of fused-ring (bicyclic) bond motifs is 1. The van der Waals surface area contributed by atoms with E-state index in [1.54, 1.807) is 14.2 Å². The molecule has 0 amide bonds. The van der Waals surface area contributed by atoms with Crippen LogP contribution in [0.25, 0.3) is 10.9 Å². The smallest absolute Gasteiger partial charge is 0.490 e. The van der Waals surface area contributed by atoms with Gasteiger partial charge in [0.2, 0.25) is 0 Å². The Balaban J connectivity index is 0.000000396. The zero-order valence-electron chi connectivity index (χ0n) is 17.3. The number of halogens is 3. The highest BCUT2D eigenvalue weighted by Gasteiger charge is 2.38. The lowest BCUT2D eigenvalue weighted by Gasteiger charge is -2.30. The number of nitrogens with one attached hydrogen (secondary N) is 1. The molecule has 1 aliphatic heterocycles. The number of aliphatic carboxylic acids is 1. The van der Waals surface area contributed by atoms with Crippen LogP contribution in [0.3, 0.4) is 0 Å². The number of benzene rings is 1. The molecule has 0 radical (unpaired) electrons. The van der Waals surface area contributed by atoms with Gasteiger partial charge in [0.1, 0.15) is 0 Å². The zero-order chi connectivity index (χ0) is 22.5. The number of rotatable bonds is 4. The number of hydrogen-bond donors (Lipinski definition) is 2. The van der Waals surface area contributed by atoms with Crippen molar-refractivity contribution in [3.05, 3.63) is 23.9 Å². The molecule has 10 heteroatoms. The number of methoxy groups -OCH3 is 2. The lowest BCUT2D eigenvalue weighted by atomic mass is 10.0. The quantitative estimate of drug-likeness (QED) is 0.767. The van der Waals surface area contributed by atoms with Crippen molar-refractivity contribution in [2.75, 3.05) is 39.7 Å². The number of ether oxygens (including phenoxy) is 2. The lowest BCUT2D eigenvalue weighted by Crippen LogP contribution is -2.36. The second-order valence-electron chi connectivity index (χ2n) is 7.06. The van der Waals surface area contributed by atoms with Gasteiger partial charge in [-0.2, -0.15) is 13.2 Å². The molecule has 1 aromatic carbocycles. The molecule has 0 atom stereocenters. The van der Waals surface area contributed by atoms with Gasteiger partial charge in [-0.3, -0.25) is 4.98 Å². The molecule has 166 valence electrons. The van der Waals surface area contributed by atoms with Crippen molar-refractivity contribution in [2.45, 2.75) is 32.0 Å². The van der Waals surface area contributed by atoms with Gasteiger partial charge in [0, 0.05) is 28.9 Å². The SMILES string of the molecule is COc1cc2nc(C)cc(NC3CCN(C)CC3)c2cc1OC.O=C(O)C(F)(F)F. The maximum Gasteiger partial charge on any atom is 0.490 e. The molecule has 0 aliphatic carbocycles. The first kappa shape index (κ1) is 23.5. The van der Waals surface area contributed by atoms with E-state index in [-0.39, 0.29) is 0 Å². The zero-order valence-corrected chi connectivity index (χ0v) is 17.3. The van der Waals surface area contributed by atoms with Crippen LogP contribution >= 0.6 is 0 Å². The predicted octanol–water partition coefficient (Wildman–Crippen LogP) is 3.70. The van der Waals surface area contributed by atoms with Crippen molar-refractivity contribution in [3.8, 4) is 11.5 Å². The highest BCUT2D eigenvalue weighted by atomic mass is 19.4. The van der Waals surface area contributed by atoms with E-state index in [9.17, 15) is 13.2 Å². The van der Waals surface area contributed by atoms with E-state index in [2.05, 4.69) is 28.3 Å². The maximum absolute atomic E-state index is 10.6. The molecule has 1 fully saturated rings. The summed E-state index contributed by atoms with van der Waals surface area (Å²) in [5.41, 5.74) is 3.06. The molecule has 2 aromatic rings. The Morgan fingerprint density at radius 1 is 1.17 bits per heavy atom. The molecule has 1 aliphatic rings. The number of carboxylic acid groups (broad SMARTS) is 1. The van der Waals surface area contributed by atoms with Crippen LogP contribution in [-0.2, 0) is 4.79 Å². The number of pyridine rings is 1. The number of alkyl halides is 3. The molecule has 7 nitrogen and oxygen atoms in total. The molecule has 30 heavy (non-hydrogen) atoms. The Bertz CT molecular complexity index is 882. The molecular weight excluding hydrogens is 403 g/mol. The summed E-state index contributed by atoms with van der Waals surface area (Å²) in [5, 5.41) is 11.9. The molecule has 0 bridgehead atoms. The monoisotopic (exact) mass is 429 g/mol. The Kier molecular flexibility index (Phi) is 7.71. The van der Waals surface area contributed by atoms with Gasteiger partial charge in [-0.05, 0) is 52.0 Å². The number of anilines is 1. The van der Waals surface area contributed by atoms with Gasteiger partial charge in [0.15, 0.2) is 11.5 Å². The van der Waals surface area contributed by atoms with Gasteiger partial charge < -0.3 is 24.8 Å². The molecule has 2 heterocycles. The normalized spacial score (nSPS) is 15.3. The molecule has 0 unspecified atom stereocenters. The molecular formula is C20H26F3N3O4. The summed E-state index contributed by atoms with van der Waals surface area (Å²) in [4.78, 5) is 15.9. The van der Waals surface area contributed by atoms with Crippen molar-refractivity contribution < 1.29 is 32.5 Å². The second kappa shape index (κ2) is 9.84. The number of carboxylic acids is 1. The fourth-order valence-electron chi connectivity index (χ4n) is 3.18. The summed E-state index contributed by atoms with van der Waals surface area (Å²) in [5.74, 6) is -1.31. The summed E-state index contributed by atoms with van der Waals surface area (Å²) in [6.45, 7) is 4.30. The Morgan fingerprint density at radius 3 is 2.20 bits per heavy atom. The first-order valence-corrected chi connectivity index (χ1v) is 9.33. The number of nitrogens with zero attached hydrogens (tertiary/aromatic N) is 2. The fraction of sp³-hybridized carbons (Fsp3) is 0.500. The molecule has 1 aromatic heterocycles. The van der Waals surface area contributed by atoms with E-state index >= 15 is 0 Å². The van der Waals surface area contributed by atoms with E-state index in [1.807, 2.05) is 19.1 Å². The van der Waals surface area contributed by atoms with Gasteiger partial charge in [-0.15, -0.1) is 0 Å². The topological polar surface area (TPSA) is 83.9 Å². The number of hydrogen-bond acceptors (Lipinski definition) is 6. The highest BCUT2D eigenvalue weighted by molar-refractivity contribution is 5.94. The molecule has 2 N–H and O–H groups in total. The van der Waals surface area contributed by atoms with Crippen LogP contribution in [0.2, 0.25) is 0 Å². The molecule has 1 saturated heterocycles. The lowest BCUT2D eigenvalue weighted by molar-refractivity contribution is -0.192. The highest BCUT2D eigenvalue weighted by Crippen LogP contribution is 2.35. The van der Waals surface area contributed by atoms with E-state index in [0.29, 0.717) is 11.8 Å². The van der Waals surface area contributed by atoms with Crippen molar-refractivity contribution >= 4 is 22.6 Å². The van der Waals surface area contributed by atoms with Gasteiger partial charge >= 0.3 is 12.1 Å². The Hall–Kier alpha value is -2.75. The molecule has 0 spiro atoms. The minimum atomic E-state index is -5.08. The number of piperidine rings is 1. The third kappa shape index (κ3) is 6.12. The van der Waals surface area contributed by atoms with E-state index in [0.717, 1.165) is 54.0 Å². The third-order valence-electron chi connectivity index (χ3n) is 4.76. The number of aryl methyl sites for hydroxylation is 1. The van der Waals surface area contributed by atoms with Crippen molar-refractivity contribution in [1.82, 2.24) is 9.88 Å². The average Bonchev–Trinajstić information content (AvgIpc) is 2.68. The summed E-state index contributed by atoms with van der Waals surface area (Å²) in [6, 6.07) is 6.58. The van der Waals surface area contributed by atoms with Crippen LogP contribution in [0.1, 0.15) is 18.5 Å². The molecule has 3 rings (SSSR count). The predicted molar refractivity (Wildman–Crippen MR) is 107 cm³/mol. The fourth-order valence-corrected chi connectivity index (χ4v) is 3.18. The Morgan fingerprint density at radius 2 is 1.70 bits per heavy atom. The van der Waals surface area contributed by atoms with Crippen LogP contribution in [-0.4, -0.2) is 67.5 Å². The van der Waals surface area contributed by atoms with Crippen LogP contribution in [0.5, 0.6) is 11.5 Å². The molecule has 0 saturated carbocycles. The minimum Gasteiger partial charge on any atom is -0.493 e. The van der Waals surface area contributed by atoms with Gasteiger partial charge in [0.05, 0.1) is 19.7 Å².